The number of ether oxygens (including phenoxy) is 1. The number of aromatic nitrogens is 2. The molecule has 8 heteroatoms. The van der Waals surface area contributed by atoms with Crippen molar-refractivity contribution in [3.8, 4) is 0 Å². The average molecular weight is 283 g/mol. The van der Waals surface area contributed by atoms with Crippen LogP contribution in [0.3, 0.4) is 0 Å². The lowest BCUT2D eigenvalue weighted by molar-refractivity contribution is -0.119. The summed E-state index contributed by atoms with van der Waals surface area (Å²) in [5.74, 6) is 0.430. The number of nitrogens with zero attached hydrogens (tertiary/aromatic N) is 3. The van der Waals surface area contributed by atoms with Gasteiger partial charge in [-0.2, -0.15) is 0 Å². The van der Waals surface area contributed by atoms with E-state index in [1.54, 1.807) is 19.1 Å². The van der Waals surface area contributed by atoms with E-state index in [9.17, 15) is 4.79 Å². The molecule has 0 spiro atoms. The minimum Gasteiger partial charge on any atom is -0.407 e. The first-order valence-corrected chi connectivity index (χ1v) is 6.71. The van der Waals surface area contributed by atoms with Gasteiger partial charge < -0.3 is 24.7 Å². The summed E-state index contributed by atoms with van der Waals surface area (Å²) in [6.45, 7) is 1.73. The lowest BCUT2D eigenvalue weighted by atomic mass is 10.5. The second-order valence-corrected chi connectivity index (χ2v) is 4.83. The van der Waals surface area contributed by atoms with E-state index in [1.165, 1.54) is 12.8 Å². The van der Waals surface area contributed by atoms with Crippen LogP contribution in [0.4, 0.5) is 6.01 Å². The first-order valence-electron chi connectivity index (χ1n) is 6.71. The molecule has 1 aromatic rings. The monoisotopic (exact) mass is 283 g/mol. The Bertz CT molecular complexity index is 432. The number of anilines is 1. The summed E-state index contributed by atoms with van der Waals surface area (Å²) in [5.41, 5.74) is 0. The van der Waals surface area contributed by atoms with Gasteiger partial charge in [0.15, 0.2) is 0 Å². The summed E-state index contributed by atoms with van der Waals surface area (Å²) in [6.07, 6.45) is 2.42. The maximum Gasteiger partial charge on any atom is 0.318 e. The van der Waals surface area contributed by atoms with Gasteiger partial charge in [0.2, 0.25) is 11.8 Å². The average Bonchev–Trinajstić information content (AvgIpc) is 3.13. The van der Waals surface area contributed by atoms with E-state index in [-0.39, 0.29) is 12.5 Å². The highest BCUT2D eigenvalue weighted by molar-refractivity contribution is 5.80. The van der Waals surface area contributed by atoms with Crippen LogP contribution in [0, 0.1) is 0 Å². The van der Waals surface area contributed by atoms with E-state index in [0.717, 1.165) is 0 Å². The molecule has 1 heterocycles. The van der Waals surface area contributed by atoms with Gasteiger partial charge in [0.25, 0.3) is 0 Å². The third-order valence-corrected chi connectivity index (χ3v) is 2.91. The Morgan fingerprint density at radius 2 is 2.30 bits per heavy atom. The molecule has 0 unspecified atom stereocenters. The molecule has 2 rings (SSSR count). The molecule has 1 amide bonds. The van der Waals surface area contributed by atoms with Gasteiger partial charge in [0.05, 0.1) is 13.2 Å². The quantitative estimate of drug-likeness (QED) is 0.591. The SMILES string of the molecule is COCCNC(=O)CN(C)c1nnc(CNC2CC2)o1. The molecule has 1 aromatic heterocycles. The Morgan fingerprint density at radius 3 is 3.00 bits per heavy atom. The van der Waals surface area contributed by atoms with E-state index in [1.807, 2.05) is 0 Å². The molecule has 0 atom stereocenters. The highest BCUT2D eigenvalue weighted by Crippen LogP contribution is 2.19. The highest BCUT2D eigenvalue weighted by Gasteiger charge is 2.21. The van der Waals surface area contributed by atoms with Gasteiger partial charge >= 0.3 is 6.01 Å². The standard InChI is InChI=1S/C12H21N5O3/c1-17(8-10(18)13-5-6-19-2)12-16-15-11(20-12)7-14-9-3-4-9/h9,14H,3-8H2,1-2H3,(H,13,18). The molecular weight excluding hydrogens is 262 g/mol. The van der Waals surface area contributed by atoms with Crippen LogP contribution in [0.25, 0.3) is 0 Å². The third kappa shape index (κ3) is 4.78. The van der Waals surface area contributed by atoms with Crippen molar-refractivity contribution in [1.29, 1.82) is 0 Å². The predicted octanol–water partition coefficient (Wildman–Crippen LogP) is -0.480. The molecule has 0 saturated heterocycles. The fraction of sp³-hybridized carbons (Fsp3) is 0.750. The molecule has 0 aliphatic heterocycles. The van der Waals surface area contributed by atoms with Crippen LogP contribution in [-0.2, 0) is 16.1 Å². The molecule has 1 aliphatic rings. The zero-order valence-corrected chi connectivity index (χ0v) is 11.9. The predicted molar refractivity (Wildman–Crippen MR) is 72.3 cm³/mol. The van der Waals surface area contributed by atoms with Gasteiger partial charge in [0, 0.05) is 26.7 Å². The Labute approximate surface area is 117 Å². The zero-order chi connectivity index (χ0) is 14.4. The van der Waals surface area contributed by atoms with Crippen molar-refractivity contribution in [3.63, 3.8) is 0 Å². The number of amides is 1. The number of hydrogen-bond acceptors (Lipinski definition) is 7. The summed E-state index contributed by atoms with van der Waals surface area (Å²) in [5, 5.41) is 13.9. The van der Waals surface area contributed by atoms with E-state index in [4.69, 9.17) is 9.15 Å². The molecule has 1 aliphatic carbocycles. The van der Waals surface area contributed by atoms with Gasteiger partial charge in [-0.25, -0.2) is 0 Å². The van der Waals surface area contributed by atoms with E-state index >= 15 is 0 Å². The van der Waals surface area contributed by atoms with Gasteiger partial charge in [0.1, 0.15) is 6.54 Å². The normalized spacial score (nSPS) is 14.3. The Morgan fingerprint density at radius 1 is 1.50 bits per heavy atom. The summed E-state index contributed by atoms with van der Waals surface area (Å²) >= 11 is 0. The highest BCUT2D eigenvalue weighted by atomic mass is 16.5. The molecular formula is C12H21N5O3. The van der Waals surface area contributed by atoms with Crippen molar-refractivity contribution in [2.75, 3.05) is 38.8 Å². The maximum atomic E-state index is 11.6. The van der Waals surface area contributed by atoms with Gasteiger partial charge in [-0.15, -0.1) is 5.10 Å². The smallest absolute Gasteiger partial charge is 0.318 e. The number of carbonyl (C=O) groups excluding carboxylic acids is 1. The van der Waals surface area contributed by atoms with Crippen molar-refractivity contribution in [2.45, 2.75) is 25.4 Å². The van der Waals surface area contributed by atoms with Crippen molar-refractivity contribution in [1.82, 2.24) is 20.8 Å². The van der Waals surface area contributed by atoms with Crippen LogP contribution < -0.4 is 15.5 Å². The fourth-order valence-electron chi connectivity index (χ4n) is 1.62. The molecule has 1 fully saturated rings. The Hall–Kier alpha value is -1.67. The largest absolute Gasteiger partial charge is 0.407 e. The van der Waals surface area contributed by atoms with Crippen molar-refractivity contribution in [2.24, 2.45) is 0 Å². The third-order valence-electron chi connectivity index (χ3n) is 2.91. The van der Waals surface area contributed by atoms with Crippen LogP contribution in [-0.4, -0.2) is 56.0 Å². The topological polar surface area (TPSA) is 92.5 Å². The molecule has 112 valence electrons. The number of hydrogen-bond donors (Lipinski definition) is 2. The van der Waals surface area contributed by atoms with Gasteiger partial charge in [-0.05, 0) is 12.8 Å². The molecule has 1 saturated carbocycles. The summed E-state index contributed by atoms with van der Waals surface area (Å²) in [4.78, 5) is 13.2. The first kappa shape index (κ1) is 14.7. The van der Waals surface area contributed by atoms with Crippen LogP contribution in [0.5, 0.6) is 0 Å². The molecule has 8 nitrogen and oxygen atoms in total. The van der Waals surface area contributed by atoms with Crippen LogP contribution >= 0.6 is 0 Å². The Balaban J connectivity index is 1.73. The van der Waals surface area contributed by atoms with Crippen molar-refractivity contribution in [3.05, 3.63) is 5.89 Å². The van der Waals surface area contributed by atoms with E-state index < -0.39 is 0 Å². The lowest BCUT2D eigenvalue weighted by Crippen LogP contribution is -2.36. The number of nitrogens with one attached hydrogen (secondary N) is 2. The van der Waals surface area contributed by atoms with Gasteiger partial charge in [-0.1, -0.05) is 5.10 Å². The van der Waals surface area contributed by atoms with Gasteiger partial charge in [-0.3, -0.25) is 4.79 Å². The Kier molecular flexibility index (Phi) is 5.31. The summed E-state index contributed by atoms with van der Waals surface area (Å²) in [6, 6.07) is 0.939. The maximum absolute atomic E-state index is 11.6. The molecule has 0 radical (unpaired) electrons. The van der Waals surface area contributed by atoms with Crippen LogP contribution in [0.15, 0.2) is 4.42 Å². The summed E-state index contributed by atoms with van der Waals surface area (Å²) < 4.78 is 10.3. The zero-order valence-electron chi connectivity index (χ0n) is 11.9. The molecule has 20 heavy (non-hydrogen) atoms. The number of rotatable bonds is 9. The van der Waals surface area contributed by atoms with Crippen molar-refractivity contribution < 1.29 is 13.9 Å². The lowest BCUT2D eigenvalue weighted by Gasteiger charge is -2.13. The number of methoxy groups -OCH3 is 1. The van der Waals surface area contributed by atoms with Crippen molar-refractivity contribution >= 4 is 11.9 Å². The minimum absolute atomic E-state index is 0.111. The van der Waals surface area contributed by atoms with Crippen LogP contribution in [0.2, 0.25) is 0 Å². The first-order chi connectivity index (χ1) is 9.69. The summed E-state index contributed by atoms with van der Waals surface area (Å²) in [7, 11) is 3.33. The second kappa shape index (κ2) is 7.20. The molecule has 0 bridgehead atoms. The molecule has 2 N–H and O–H groups in total. The second-order valence-electron chi connectivity index (χ2n) is 4.83. The number of likely N-dealkylation sites (N-methyl/N-ethyl adjacent to an activating group) is 1. The van der Waals surface area contributed by atoms with Crippen LogP contribution in [0.1, 0.15) is 18.7 Å². The van der Waals surface area contributed by atoms with E-state index in [0.29, 0.717) is 37.6 Å². The number of carbonyl (C=O) groups is 1. The molecule has 0 aromatic carbocycles. The minimum atomic E-state index is -0.111. The fourth-order valence-corrected chi connectivity index (χ4v) is 1.62. The van der Waals surface area contributed by atoms with E-state index in [2.05, 4.69) is 20.8 Å².